The van der Waals surface area contributed by atoms with Crippen molar-refractivity contribution in [2.45, 2.75) is 19.4 Å². The number of rotatable bonds is 3. The van der Waals surface area contributed by atoms with Gasteiger partial charge in [0.15, 0.2) is 0 Å². The van der Waals surface area contributed by atoms with Gasteiger partial charge in [0, 0.05) is 34.4 Å². The molecule has 4 aromatic rings. The Labute approximate surface area is 170 Å². The normalized spacial score (nSPS) is 15.8. The van der Waals surface area contributed by atoms with Crippen molar-refractivity contribution in [3.8, 4) is 0 Å². The van der Waals surface area contributed by atoms with Gasteiger partial charge in [0.1, 0.15) is 0 Å². The number of amides is 1. The Kier molecular flexibility index (Phi) is 4.41. The largest absolute Gasteiger partial charge is 0.357 e. The van der Waals surface area contributed by atoms with E-state index in [4.69, 9.17) is 0 Å². The minimum absolute atomic E-state index is 0.0878. The number of carbonyl (C=O) groups is 1. The van der Waals surface area contributed by atoms with Crippen molar-refractivity contribution in [2.24, 2.45) is 0 Å². The summed E-state index contributed by atoms with van der Waals surface area (Å²) in [5.41, 5.74) is 7.57. The van der Waals surface area contributed by atoms with Crippen LogP contribution >= 0.6 is 0 Å². The summed E-state index contributed by atoms with van der Waals surface area (Å²) < 4.78 is 0. The topological polar surface area (TPSA) is 56.9 Å². The van der Waals surface area contributed by atoms with E-state index in [-0.39, 0.29) is 11.9 Å². The lowest BCUT2D eigenvalue weighted by molar-refractivity contribution is 0.102. The van der Waals surface area contributed by atoms with Gasteiger partial charge >= 0.3 is 0 Å². The number of carbonyl (C=O) groups excluding carboxylic acids is 1. The van der Waals surface area contributed by atoms with Crippen LogP contribution in [0.15, 0.2) is 72.8 Å². The first-order chi connectivity index (χ1) is 14.2. The van der Waals surface area contributed by atoms with Crippen LogP contribution in [0.3, 0.4) is 0 Å². The van der Waals surface area contributed by atoms with Crippen LogP contribution in [0, 0.1) is 6.92 Å². The number of aromatic nitrogens is 1. The zero-order valence-electron chi connectivity index (χ0n) is 16.3. The molecule has 29 heavy (non-hydrogen) atoms. The van der Waals surface area contributed by atoms with E-state index in [9.17, 15) is 4.79 Å². The molecule has 3 N–H and O–H groups in total. The monoisotopic (exact) mass is 381 g/mol. The highest BCUT2D eigenvalue weighted by atomic mass is 16.1. The van der Waals surface area contributed by atoms with E-state index >= 15 is 0 Å². The molecule has 5 rings (SSSR count). The third kappa shape index (κ3) is 3.32. The Morgan fingerprint density at radius 2 is 1.83 bits per heavy atom. The number of nitrogens with one attached hydrogen (secondary N) is 3. The summed E-state index contributed by atoms with van der Waals surface area (Å²) in [4.78, 5) is 16.1. The Hall–Kier alpha value is -3.37. The second-order valence-corrected chi connectivity index (χ2v) is 7.65. The maximum Gasteiger partial charge on any atom is 0.255 e. The first-order valence-corrected chi connectivity index (χ1v) is 10.00. The number of hydrogen-bond acceptors (Lipinski definition) is 2. The highest BCUT2D eigenvalue weighted by molar-refractivity contribution is 6.04. The summed E-state index contributed by atoms with van der Waals surface area (Å²) in [6.45, 7) is 2.94. The molecule has 0 aliphatic carbocycles. The molecule has 3 aromatic carbocycles. The molecule has 0 fully saturated rings. The van der Waals surface area contributed by atoms with Crippen LogP contribution in [-0.2, 0) is 6.42 Å². The Morgan fingerprint density at radius 3 is 2.66 bits per heavy atom. The van der Waals surface area contributed by atoms with Crippen LogP contribution in [0.4, 0.5) is 5.69 Å². The summed E-state index contributed by atoms with van der Waals surface area (Å²) in [6, 6.07) is 24.4. The standard InChI is InChI=1S/C25H23N3O/c1-16-5-4-6-18(15-16)25(29)27-19-11-9-17(10-12-19)23-24-21(13-14-26-23)20-7-2-3-8-22(20)28-24/h2-12,15,23,26,28H,13-14H2,1H3,(H,27,29). The van der Waals surface area contributed by atoms with Gasteiger partial charge in [-0.1, -0.05) is 48.0 Å². The van der Waals surface area contributed by atoms with E-state index in [0.29, 0.717) is 5.56 Å². The van der Waals surface area contributed by atoms with Gasteiger partial charge in [0.05, 0.1) is 6.04 Å². The Balaban J connectivity index is 1.39. The fourth-order valence-corrected chi connectivity index (χ4v) is 4.21. The molecular weight excluding hydrogens is 358 g/mol. The molecule has 4 heteroatoms. The zero-order valence-corrected chi connectivity index (χ0v) is 16.3. The molecule has 0 saturated heterocycles. The van der Waals surface area contributed by atoms with E-state index in [1.165, 1.54) is 27.7 Å². The molecule has 144 valence electrons. The molecule has 0 radical (unpaired) electrons. The summed E-state index contributed by atoms with van der Waals surface area (Å²) in [6.07, 6.45) is 1.03. The number of aryl methyl sites for hydroxylation is 1. The maximum atomic E-state index is 12.5. The van der Waals surface area contributed by atoms with Crippen LogP contribution in [-0.4, -0.2) is 17.4 Å². The van der Waals surface area contributed by atoms with Crippen molar-refractivity contribution < 1.29 is 4.79 Å². The van der Waals surface area contributed by atoms with Gasteiger partial charge in [-0.15, -0.1) is 0 Å². The zero-order chi connectivity index (χ0) is 19.8. The number of fused-ring (bicyclic) bond motifs is 3. The molecule has 1 amide bonds. The highest BCUT2D eigenvalue weighted by Gasteiger charge is 2.25. The molecule has 1 aliphatic rings. The molecule has 0 spiro atoms. The number of para-hydroxylation sites is 1. The van der Waals surface area contributed by atoms with Gasteiger partial charge in [-0.25, -0.2) is 0 Å². The van der Waals surface area contributed by atoms with E-state index in [0.717, 1.165) is 24.2 Å². The second kappa shape index (κ2) is 7.22. The summed E-state index contributed by atoms with van der Waals surface area (Å²) in [5.74, 6) is -0.0878. The summed E-state index contributed by atoms with van der Waals surface area (Å²) in [5, 5.41) is 7.93. The van der Waals surface area contributed by atoms with Crippen molar-refractivity contribution in [3.63, 3.8) is 0 Å². The van der Waals surface area contributed by atoms with Crippen molar-refractivity contribution in [1.29, 1.82) is 0 Å². The van der Waals surface area contributed by atoms with Gasteiger partial charge in [-0.3, -0.25) is 4.79 Å². The van der Waals surface area contributed by atoms with Crippen LogP contribution in [0.2, 0.25) is 0 Å². The minimum Gasteiger partial charge on any atom is -0.357 e. The average Bonchev–Trinajstić information content (AvgIpc) is 3.13. The predicted octanol–water partition coefficient (Wildman–Crippen LogP) is 4.96. The average molecular weight is 381 g/mol. The lowest BCUT2D eigenvalue weighted by atomic mass is 9.94. The minimum atomic E-state index is -0.0878. The third-order valence-corrected chi connectivity index (χ3v) is 5.64. The lowest BCUT2D eigenvalue weighted by Crippen LogP contribution is -2.30. The van der Waals surface area contributed by atoms with Crippen LogP contribution < -0.4 is 10.6 Å². The van der Waals surface area contributed by atoms with E-state index in [1.54, 1.807) is 0 Å². The first kappa shape index (κ1) is 17.7. The van der Waals surface area contributed by atoms with Gasteiger partial charge in [0.25, 0.3) is 5.91 Å². The van der Waals surface area contributed by atoms with E-state index < -0.39 is 0 Å². The molecule has 1 aromatic heterocycles. The number of aromatic amines is 1. The van der Waals surface area contributed by atoms with Crippen LogP contribution in [0.1, 0.15) is 38.8 Å². The van der Waals surface area contributed by atoms with Gasteiger partial charge in [-0.05, 0) is 54.8 Å². The molecule has 4 nitrogen and oxygen atoms in total. The van der Waals surface area contributed by atoms with Crippen LogP contribution in [0.5, 0.6) is 0 Å². The molecule has 1 unspecified atom stereocenters. The smallest absolute Gasteiger partial charge is 0.255 e. The predicted molar refractivity (Wildman–Crippen MR) is 117 cm³/mol. The van der Waals surface area contributed by atoms with E-state index in [1.807, 2.05) is 43.3 Å². The Bertz CT molecular complexity index is 1190. The fraction of sp³-hybridized carbons (Fsp3) is 0.160. The van der Waals surface area contributed by atoms with Gasteiger partial charge in [-0.2, -0.15) is 0 Å². The number of hydrogen-bond donors (Lipinski definition) is 3. The van der Waals surface area contributed by atoms with Crippen molar-refractivity contribution in [3.05, 3.63) is 101 Å². The molecule has 0 saturated carbocycles. The van der Waals surface area contributed by atoms with Crippen LogP contribution in [0.25, 0.3) is 10.9 Å². The third-order valence-electron chi connectivity index (χ3n) is 5.64. The molecule has 0 bridgehead atoms. The Morgan fingerprint density at radius 1 is 1.00 bits per heavy atom. The lowest BCUT2D eigenvalue weighted by Gasteiger charge is -2.25. The van der Waals surface area contributed by atoms with Crippen molar-refractivity contribution in [1.82, 2.24) is 10.3 Å². The summed E-state index contributed by atoms with van der Waals surface area (Å²) >= 11 is 0. The number of anilines is 1. The molecule has 2 heterocycles. The number of H-pyrrole nitrogens is 1. The SMILES string of the molecule is Cc1cccc(C(=O)Nc2ccc(C3NCCc4c3[nH]c3ccccc43)cc2)c1. The second-order valence-electron chi connectivity index (χ2n) is 7.65. The van der Waals surface area contributed by atoms with Crippen molar-refractivity contribution in [2.75, 3.05) is 11.9 Å². The van der Waals surface area contributed by atoms with Gasteiger partial charge in [0.2, 0.25) is 0 Å². The summed E-state index contributed by atoms with van der Waals surface area (Å²) in [7, 11) is 0. The number of benzene rings is 3. The highest BCUT2D eigenvalue weighted by Crippen LogP contribution is 2.33. The van der Waals surface area contributed by atoms with Crippen molar-refractivity contribution >= 4 is 22.5 Å². The molecule has 1 atom stereocenters. The first-order valence-electron chi connectivity index (χ1n) is 10.00. The van der Waals surface area contributed by atoms with E-state index in [2.05, 4.69) is 52.0 Å². The fourth-order valence-electron chi connectivity index (χ4n) is 4.21. The quantitative estimate of drug-likeness (QED) is 0.470. The molecule has 1 aliphatic heterocycles. The van der Waals surface area contributed by atoms with Gasteiger partial charge < -0.3 is 15.6 Å². The maximum absolute atomic E-state index is 12.5. The molecular formula is C25H23N3O.